The van der Waals surface area contributed by atoms with Crippen LogP contribution < -0.4 is 5.32 Å². The monoisotopic (exact) mass is 327 g/mol. The van der Waals surface area contributed by atoms with E-state index in [0.29, 0.717) is 12.0 Å². The first-order chi connectivity index (χ1) is 11.3. The molecule has 2 aromatic heterocycles. The first kappa shape index (κ1) is 17.2. The van der Waals surface area contributed by atoms with Crippen molar-refractivity contribution in [3.05, 3.63) is 47.6 Å². The Morgan fingerprint density at radius 1 is 1.25 bits per heavy atom. The minimum atomic E-state index is 0.0210. The summed E-state index contributed by atoms with van der Waals surface area (Å²) in [7, 11) is 0. The molecule has 2 atom stereocenters. The number of pyridine rings is 1. The van der Waals surface area contributed by atoms with E-state index in [1.54, 1.807) is 0 Å². The van der Waals surface area contributed by atoms with Crippen molar-refractivity contribution in [2.75, 3.05) is 0 Å². The molecule has 130 valence electrons. The molecular formula is C20H29N3O. The van der Waals surface area contributed by atoms with Gasteiger partial charge < -0.3 is 9.84 Å². The van der Waals surface area contributed by atoms with Crippen LogP contribution >= 0.6 is 0 Å². The highest BCUT2D eigenvalue weighted by Gasteiger charge is 2.47. The lowest BCUT2D eigenvalue weighted by Gasteiger charge is -2.52. The fourth-order valence-electron chi connectivity index (χ4n) is 3.45. The standard InChI is InChI=1S/C20H29N3O/c1-19(2,3)18-12-16(23-24-18)10-14-11-17(20(14,4)5)22-13-15-8-6-7-9-21-15/h6-9,12,14,17,22H,10-11,13H2,1-5H3/t14-,17+/m1/s1. The maximum Gasteiger partial charge on any atom is 0.142 e. The van der Waals surface area contributed by atoms with Crippen molar-refractivity contribution in [2.24, 2.45) is 11.3 Å². The van der Waals surface area contributed by atoms with Crippen LogP contribution in [0.1, 0.15) is 58.2 Å². The third-order valence-corrected chi connectivity index (χ3v) is 5.48. The van der Waals surface area contributed by atoms with E-state index in [1.807, 2.05) is 18.3 Å². The van der Waals surface area contributed by atoms with Gasteiger partial charge in [0, 0.05) is 30.3 Å². The Labute approximate surface area is 145 Å². The third-order valence-electron chi connectivity index (χ3n) is 5.48. The predicted molar refractivity (Wildman–Crippen MR) is 95.7 cm³/mol. The molecule has 0 bridgehead atoms. The van der Waals surface area contributed by atoms with Gasteiger partial charge in [-0.25, -0.2) is 0 Å². The topological polar surface area (TPSA) is 51.0 Å². The zero-order valence-corrected chi connectivity index (χ0v) is 15.5. The largest absolute Gasteiger partial charge is 0.361 e. The molecule has 1 aliphatic carbocycles. The summed E-state index contributed by atoms with van der Waals surface area (Å²) < 4.78 is 5.53. The van der Waals surface area contributed by atoms with Crippen LogP contribution in [-0.4, -0.2) is 16.2 Å². The number of aromatic nitrogens is 2. The molecule has 0 aliphatic heterocycles. The van der Waals surface area contributed by atoms with Gasteiger partial charge in [0.05, 0.1) is 11.4 Å². The van der Waals surface area contributed by atoms with Gasteiger partial charge in [-0.05, 0) is 36.3 Å². The molecule has 1 saturated carbocycles. The van der Waals surface area contributed by atoms with E-state index in [9.17, 15) is 0 Å². The Morgan fingerprint density at radius 2 is 2.04 bits per heavy atom. The van der Waals surface area contributed by atoms with E-state index in [4.69, 9.17) is 4.52 Å². The van der Waals surface area contributed by atoms with Crippen molar-refractivity contribution in [1.82, 2.24) is 15.5 Å². The van der Waals surface area contributed by atoms with E-state index in [-0.39, 0.29) is 10.8 Å². The van der Waals surface area contributed by atoms with Gasteiger partial charge in [-0.2, -0.15) is 0 Å². The Hall–Kier alpha value is -1.68. The molecule has 2 aromatic rings. The second-order valence-corrected chi connectivity index (χ2v) is 8.65. The summed E-state index contributed by atoms with van der Waals surface area (Å²) in [6, 6.07) is 8.72. The molecule has 0 aromatic carbocycles. The second-order valence-electron chi connectivity index (χ2n) is 8.65. The van der Waals surface area contributed by atoms with Crippen molar-refractivity contribution < 1.29 is 4.52 Å². The van der Waals surface area contributed by atoms with Gasteiger partial charge in [0.2, 0.25) is 0 Å². The van der Waals surface area contributed by atoms with Crippen LogP contribution in [0.5, 0.6) is 0 Å². The normalized spacial score (nSPS) is 23.0. The maximum absolute atomic E-state index is 5.53. The fourth-order valence-corrected chi connectivity index (χ4v) is 3.45. The van der Waals surface area contributed by atoms with Gasteiger partial charge in [-0.3, -0.25) is 4.98 Å². The van der Waals surface area contributed by atoms with Crippen LogP contribution in [0, 0.1) is 11.3 Å². The molecule has 4 nitrogen and oxygen atoms in total. The smallest absolute Gasteiger partial charge is 0.142 e. The summed E-state index contributed by atoms with van der Waals surface area (Å²) in [6.45, 7) is 12.0. The van der Waals surface area contributed by atoms with Crippen molar-refractivity contribution in [3.8, 4) is 0 Å². The highest BCUT2D eigenvalue weighted by Crippen LogP contribution is 2.48. The van der Waals surface area contributed by atoms with Crippen LogP contribution in [0.3, 0.4) is 0 Å². The zero-order chi connectivity index (χ0) is 17.4. The average Bonchev–Trinajstić information content (AvgIpc) is 3.00. The molecule has 4 heteroatoms. The van der Waals surface area contributed by atoms with Crippen molar-refractivity contribution >= 4 is 0 Å². The zero-order valence-electron chi connectivity index (χ0n) is 15.5. The average molecular weight is 327 g/mol. The molecular weight excluding hydrogens is 298 g/mol. The van der Waals surface area contributed by atoms with Crippen molar-refractivity contribution in [1.29, 1.82) is 0 Å². The minimum absolute atomic E-state index is 0.0210. The van der Waals surface area contributed by atoms with Crippen molar-refractivity contribution in [2.45, 2.75) is 65.5 Å². The minimum Gasteiger partial charge on any atom is -0.361 e. The predicted octanol–water partition coefficient (Wildman–Crippen LogP) is 4.11. The van der Waals surface area contributed by atoms with Gasteiger partial charge >= 0.3 is 0 Å². The van der Waals surface area contributed by atoms with Crippen LogP contribution in [0.25, 0.3) is 0 Å². The van der Waals surface area contributed by atoms with Gasteiger partial charge in [0.1, 0.15) is 5.76 Å². The fraction of sp³-hybridized carbons (Fsp3) is 0.600. The molecule has 1 N–H and O–H groups in total. The lowest BCUT2D eigenvalue weighted by atomic mass is 9.57. The summed E-state index contributed by atoms with van der Waals surface area (Å²) in [6.07, 6.45) is 4.02. The number of nitrogens with zero attached hydrogens (tertiary/aromatic N) is 2. The van der Waals surface area contributed by atoms with Crippen molar-refractivity contribution in [3.63, 3.8) is 0 Å². The van der Waals surface area contributed by atoms with Gasteiger partial charge in [0.25, 0.3) is 0 Å². The lowest BCUT2D eigenvalue weighted by Crippen LogP contribution is -2.57. The van der Waals surface area contributed by atoms with Gasteiger partial charge in [-0.15, -0.1) is 0 Å². The summed E-state index contributed by atoms with van der Waals surface area (Å²) >= 11 is 0. The first-order valence-electron chi connectivity index (χ1n) is 8.86. The van der Waals surface area contributed by atoms with Crippen LogP contribution in [0.15, 0.2) is 35.0 Å². The number of hydrogen-bond donors (Lipinski definition) is 1. The molecule has 2 heterocycles. The Morgan fingerprint density at radius 3 is 2.62 bits per heavy atom. The first-order valence-corrected chi connectivity index (χ1v) is 8.86. The molecule has 1 fully saturated rings. The molecule has 1 aliphatic rings. The number of nitrogens with one attached hydrogen (secondary N) is 1. The molecule has 0 saturated heterocycles. The highest BCUT2D eigenvalue weighted by atomic mass is 16.5. The molecule has 0 amide bonds. The van der Waals surface area contributed by atoms with Crippen LogP contribution in [0.2, 0.25) is 0 Å². The summed E-state index contributed by atoms with van der Waals surface area (Å²) in [5.41, 5.74) is 2.47. The van der Waals surface area contributed by atoms with E-state index in [2.05, 4.69) is 62.2 Å². The summed E-state index contributed by atoms with van der Waals surface area (Å²) in [5.74, 6) is 1.61. The summed E-state index contributed by atoms with van der Waals surface area (Å²) in [4.78, 5) is 4.38. The SMILES string of the molecule is CC(C)(C)c1cc(C[C@@H]2C[C@H](NCc3ccccn3)C2(C)C)no1. The van der Waals surface area contributed by atoms with E-state index < -0.39 is 0 Å². The van der Waals surface area contributed by atoms with Crippen LogP contribution in [-0.2, 0) is 18.4 Å². The summed E-state index contributed by atoms with van der Waals surface area (Å²) in [5, 5.41) is 7.95. The third kappa shape index (κ3) is 3.54. The Bertz CT molecular complexity index is 670. The Kier molecular flexibility index (Phi) is 4.52. The molecule has 3 rings (SSSR count). The van der Waals surface area contributed by atoms with E-state index in [1.165, 1.54) is 6.42 Å². The molecule has 24 heavy (non-hydrogen) atoms. The van der Waals surface area contributed by atoms with Gasteiger partial charge in [0.15, 0.2) is 0 Å². The highest BCUT2D eigenvalue weighted by molar-refractivity contribution is 5.16. The van der Waals surface area contributed by atoms with Crippen LogP contribution in [0.4, 0.5) is 0 Å². The number of rotatable bonds is 5. The Balaban J connectivity index is 1.55. The molecule has 0 unspecified atom stereocenters. The quantitative estimate of drug-likeness (QED) is 0.898. The van der Waals surface area contributed by atoms with E-state index >= 15 is 0 Å². The molecule has 0 radical (unpaired) electrons. The maximum atomic E-state index is 5.53. The molecule has 0 spiro atoms. The number of hydrogen-bond acceptors (Lipinski definition) is 4. The second kappa shape index (κ2) is 6.32. The van der Waals surface area contributed by atoms with E-state index in [0.717, 1.165) is 30.1 Å². The van der Waals surface area contributed by atoms with Gasteiger partial charge in [-0.1, -0.05) is 45.8 Å². The lowest BCUT2D eigenvalue weighted by molar-refractivity contribution is 0.0123.